The van der Waals surface area contributed by atoms with Gasteiger partial charge in [-0.3, -0.25) is 10.4 Å². The molecule has 0 aromatic rings. The number of nitrogens with two attached hydrogens (primary N) is 1. The van der Waals surface area contributed by atoms with E-state index in [1.807, 2.05) is 0 Å². The fraction of sp³-hybridized carbons (Fsp3) is 0.900. The van der Waals surface area contributed by atoms with Gasteiger partial charge >= 0.3 is 0 Å². The number of hydrazine groups is 1. The van der Waals surface area contributed by atoms with Gasteiger partial charge in [0.1, 0.15) is 0 Å². The quantitative estimate of drug-likeness (QED) is 0.165. The molecule has 7 nitrogen and oxygen atoms in total. The Kier molecular flexibility index (Phi) is 7.19. The molecule has 0 heterocycles. The highest BCUT2D eigenvalue weighted by molar-refractivity contribution is 7.88. The molecule has 0 aromatic heterocycles. The summed E-state index contributed by atoms with van der Waals surface area (Å²) in [5, 5.41) is 3.04. The van der Waals surface area contributed by atoms with Gasteiger partial charge in [-0.05, 0) is 20.3 Å². The lowest BCUT2D eigenvalue weighted by molar-refractivity contribution is 0.464. The molecule has 0 saturated heterocycles. The fourth-order valence-corrected chi connectivity index (χ4v) is 2.42. The van der Waals surface area contributed by atoms with Crippen molar-refractivity contribution in [1.82, 2.24) is 15.5 Å². The molecule has 0 spiro atoms. The lowest BCUT2D eigenvalue weighted by Gasteiger charge is -2.23. The summed E-state index contributed by atoms with van der Waals surface area (Å²) in [4.78, 5) is 4.21. The zero-order chi connectivity index (χ0) is 14.2. The van der Waals surface area contributed by atoms with Crippen LogP contribution in [0.25, 0.3) is 0 Å². The molecule has 0 radical (unpaired) electrons. The topological polar surface area (TPSA) is 109 Å². The number of nitrogens with one attached hydrogen (secondary N) is 3. The highest BCUT2D eigenvalue weighted by atomic mass is 32.2. The summed E-state index contributed by atoms with van der Waals surface area (Å²) in [7, 11) is -3.25. The monoisotopic (exact) mass is 279 g/mol. The van der Waals surface area contributed by atoms with E-state index in [-0.39, 0.29) is 0 Å². The third-order valence-electron chi connectivity index (χ3n) is 2.05. The number of guanidine groups is 1. The summed E-state index contributed by atoms with van der Waals surface area (Å²) in [5.74, 6) is 5.79. The third kappa shape index (κ3) is 9.20. The van der Waals surface area contributed by atoms with Crippen LogP contribution in [0.2, 0.25) is 0 Å². The standard InChI is InChI=1S/C10H25N5O2S/c1-5-6-7-12-9(14-11)13-8-10(2,3)15-18(4,16)17/h15H,5-8,11H2,1-4H3,(H2,12,13,14). The molecule has 8 heteroatoms. The van der Waals surface area contributed by atoms with Crippen molar-refractivity contribution in [1.29, 1.82) is 0 Å². The van der Waals surface area contributed by atoms with Crippen molar-refractivity contribution in [2.45, 2.75) is 39.2 Å². The van der Waals surface area contributed by atoms with Gasteiger partial charge in [-0.25, -0.2) is 19.0 Å². The molecule has 0 unspecified atom stereocenters. The SMILES string of the molecule is CCCCNC(=NCC(C)(C)NS(C)(=O)=O)NN. The number of aliphatic imine (C=N–C) groups is 1. The minimum atomic E-state index is -3.25. The van der Waals surface area contributed by atoms with Crippen LogP contribution in [0.15, 0.2) is 4.99 Å². The molecule has 0 amide bonds. The number of hydrogen-bond donors (Lipinski definition) is 4. The molecule has 5 N–H and O–H groups in total. The van der Waals surface area contributed by atoms with E-state index in [0.29, 0.717) is 12.5 Å². The molecule has 0 rings (SSSR count). The number of rotatable bonds is 7. The number of unbranched alkanes of at least 4 members (excludes halogenated alkanes) is 1. The largest absolute Gasteiger partial charge is 0.355 e. The first-order valence-corrected chi connectivity index (χ1v) is 7.83. The van der Waals surface area contributed by atoms with Crippen molar-refractivity contribution in [3.63, 3.8) is 0 Å². The molecule has 18 heavy (non-hydrogen) atoms. The van der Waals surface area contributed by atoms with Crippen LogP contribution in [0, 0.1) is 0 Å². The van der Waals surface area contributed by atoms with Gasteiger partial charge in [0.15, 0.2) is 0 Å². The van der Waals surface area contributed by atoms with E-state index in [1.54, 1.807) is 13.8 Å². The van der Waals surface area contributed by atoms with E-state index >= 15 is 0 Å². The Morgan fingerprint density at radius 3 is 2.44 bits per heavy atom. The summed E-state index contributed by atoms with van der Waals surface area (Å²) in [6.45, 7) is 6.68. The van der Waals surface area contributed by atoms with Crippen LogP contribution in [0.4, 0.5) is 0 Å². The predicted molar refractivity (Wildman–Crippen MR) is 74.6 cm³/mol. The summed E-state index contributed by atoms with van der Waals surface area (Å²) >= 11 is 0. The lowest BCUT2D eigenvalue weighted by Crippen LogP contribution is -2.47. The van der Waals surface area contributed by atoms with Gasteiger partial charge in [-0.15, -0.1) is 0 Å². The van der Waals surface area contributed by atoms with Crippen molar-refractivity contribution in [2.24, 2.45) is 10.8 Å². The highest BCUT2D eigenvalue weighted by Gasteiger charge is 2.21. The lowest BCUT2D eigenvalue weighted by atomic mass is 10.1. The van der Waals surface area contributed by atoms with Crippen molar-refractivity contribution in [3.8, 4) is 0 Å². The molecular formula is C10H25N5O2S. The minimum absolute atomic E-state index is 0.290. The van der Waals surface area contributed by atoms with Crippen LogP contribution in [-0.4, -0.2) is 39.3 Å². The molecule has 108 valence electrons. The van der Waals surface area contributed by atoms with Crippen LogP contribution in [0.1, 0.15) is 33.6 Å². The molecule has 0 aromatic carbocycles. The second-order valence-corrected chi connectivity index (χ2v) is 6.60. The maximum absolute atomic E-state index is 11.2. The number of nitrogens with zero attached hydrogens (tertiary/aromatic N) is 1. The second kappa shape index (κ2) is 7.55. The summed E-state index contributed by atoms with van der Waals surface area (Å²) in [5.41, 5.74) is 1.81. The fourth-order valence-electron chi connectivity index (χ4n) is 1.35. The summed E-state index contributed by atoms with van der Waals surface area (Å²) in [6, 6.07) is 0. The molecule has 0 bridgehead atoms. The zero-order valence-corrected chi connectivity index (χ0v) is 12.4. The van der Waals surface area contributed by atoms with E-state index in [1.165, 1.54) is 0 Å². The van der Waals surface area contributed by atoms with Crippen LogP contribution < -0.4 is 21.3 Å². The van der Waals surface area contributed by atoms with Crippen molar-refractivity contribution in [2.75, 3.05) is 19.3 Å². The normalized spacial score (nSPS) is 13.5. The van der Waals surface area contributed by atoms with Crippen molar-refractivity contribution in [3.05, 3.63) is 0 Å². The van der Waals surface area contributed by atoms with E-state index in [0.717, 1.165) is 25.6 Å². The van der Waals surface area contributed by atoms with E-state index < -0.39 is 15.6 Å². The summed E-state index contributed by atoms with van der Waals surface area (Å²) < 4.78 is 24.8. The molecule has 0 aliphatic heterocycles. The molecule has 0 fully saturated rings. The Balaban J connectivity index is 4.38. The number of sulfonamides is 1. The first kappa shape index (κ1) is 17.1. The van der Waals surface area contributed by atoms with Crippen LogP contribution >= 0.6 is 0 Å². The maximum atomic E-state index is 11.2. The predicted octanol–water partition coefficient (Wildman–Crippen LogP) is -0.477. The van der Waals surface area contributed by atoms with Gasteiger partial charge in [-0.1, -0.05) is 13.3 Å². The highest BCUT2D eigenvalue weighted by Crippen LogP contribution is 2.04. The maximum Gasteiger partial charge on any atom is 0.209 e. The first-order chi connectivity index (χ1) is 8.20. The molecule has 0 atom stereocenters. The van der Waals surface area contributed by atoms with Gasteiger partial charge in [0.25, 0.3) is 0 Å². The van der Waals surface area contributed by atoms with Crippen LogP contribution in [0.5, 0.6) is 0 Å². The van der Waals surface area contributed by atoms with Gasteiger partial charge in [0, 0.05) is 12.1 Å². The van der Waals surface area contributed by atoms with Crippen LogP contribution in [0.3, 0.4) is 0 Å². The average molecular weight is 279 g/mol. The van der Waals surface area contributed by atoms with Crippen molar-refractivity contribution >= 4 is 16.0 Å². The zero-order valence-electron chi connectivity index (χ0n) is 11.6. The molecule has 0 aliphatic rings. The summed E-state index contributed by atoms with van der Waals surface area (Å²) in [6.07, 6.45) is 3.22. The third-order valence-corrected chi connectivity index (χ3v) is 2.98. The minimum Gasteiger partial charge on any atom is -0.355 e. The van der Waals surface area contributed by atoms with E-state index in [2.05, 4.69) is 27.4 Å². The van der Waals surface area contributed by atoms with Gasteiger partial charge in [0.2, 0.25) is 16.0 Å². The Bertz CT molecular complexity index is 364. The number of hydrogen-bond acceptors (Lipinski definition) is 4. The average Bonchev–Trinajstić information content (AvgIpc) is 2.19. The Morgan fingerprint density at radius 2 is 2.00 bits per heavy atom. The van der Waals surface area contributed by atoms with Gasteiger partial charge in [-0.2, -0.15) is 0 Å². The van der Waals surface area contributed by atoms with Crippen molar-refractivity contribution < 1.29 is 8.42 Å². The smallest absolute Gasteiger partial charge is 0.209 e. The second-order valence-electron chi connectivity index (χ2n) is 4.85. The van der Waals surface area contributed by atoms with E-state index in [4.69, 9.17) is 5.84 Å². The Labute approximate surface area is 110 Å². The molecule has 0 aliphatic carbocycles. The Hall–Kier alpha value is -0.860. The van der Waals surface area contributed by atoms with Crippen LogP contribution in [-0.2, 0) is 10.0 Å². The van der Waals surface area contributed by atoms with Gasteiger partial charge < -0.3 is 5.32 Å². The first-order valence-electron chi connectivity index (χ1n) is 5.94. The molecule has 0 saturated carbocycles. The Morgan fingerprint density at radius 1 is 1.39 bits per heavy atom. The van der Waals surface area contributed by atoms with Gasteiger partial charge in [0.05, 0.1) is 12.8 Å². The van der Waals surface area contributed by atoms with E-state index in [9.17, 15) is 8.42 Å². The molecular weight excluding hydrogens is 254 g/mol.